The van der Waals surface area contributed by atoms with Gasteiger partial charge in [0.15, 0.2) is 0 Å². The van der Waals surface area contributed by atoms with Gasteiger partial charge in [0.05, 0.1) is 23.9 Å². The zero-order valence-electron chi connectivity index (χ0n) is 16.2. The van der Waals surface area contributed by atoms with Gasteiger partial charge < -0.3 is 15.0 Å². The first kappa shape index (κ1) is 20.0. The highest BCUT2D eigenvalue weighted by atomic mass is 16.5. The Hall–Kier alpha value is -3.74. The van der Waals surface area contributed by atoms with Gasteiger partial charge in [-0.05, 0) is 36.4 Å². The van der Waals surface area contributed by atoms with Crippen LogP contribution in [0.3, 0.4) is 0 Å². The molecule has 2 amide bonds. The van der Waals surface area contributed by atoms with Crippen LogP contribution in [0.25, 0.3) is 10.9 Å². The number of anilines is 2. The molecule has 148 valence electrons. The van der Waals surface area contributed by atoms with E-state index < -0.39 is 5.97 Å². The summed E-state index contributed by atoms with van der Waals surface area (Å²) in [4.78, 5) is 41.9. The third-order valence-corrected chi connectivity index (χ3v) is 4.45. The van der Waals surface area contributed by atoms with Gasteiger partial charge in [-0.2, -0.15) is 0 Å². The highest BCUT2D eigenvalue weighted by Crippen LogP contribution is 2.21. The zero-order chi connectivity index (χ0) is 20.8. The molecule has 3 rings (SSSR count). The van der Waals surface area contributed by atoms with E-state index in [-0.39, 0.29) is 24.8 Å². The van der Waals surface area contributed by atoms with Gasteiger partial charge in [0.1, 0.15) is 0 Å². The number of aromatic nitrogens is 1. The lowest BCUT2D eigenvalue weighted by atomic mass is 10.2. The summed E-state index contributed by atoms with van der Waals surface area (Å²) in [6.45, 7) is 1.64. The summed E-state index contributed by atoms with van der Waals surface area (Å²) < 4.78 is 4.67. The Bertz CT molecular complexity index is 1040. The maximum atomic E-state index is 12.5. The fraction of sp³-hybridized carbons (Fsp3) is 0.182. The molecule has 1 aromatic heterocycles. The summed E-state index contributed by atoms with van der Waals surface area (Å²) in [7, 11) is 1.31. The number of para-hydroxylation sites is 1. The molecule has 0 spiro atoms. The largest absolute Gasteiger partial charge is 0.465 e. The molecule has 29 heavy (non-hydrogen) atoms. The average molecular weight is 391 g/mol. The van der Waals surface area contributed by atoms with Crippen molar-refractivity contribution in [2.24, 2.45) is 0 Å². The lowest BCUT2D eigenvalue weighted by molar-refractivity contribution is -0.117. The summed E-state index contributed by atoms with van der Waals surface area (Å²) in [5.74, 6) is -0.870. The normalized spacial score (nSPS) is 10.4. The Kier molecular flexibility index (Phi) is 6.19. The van der Waals surface area contributed by atoms with E-state index in [1.807, 2.05) is 24.3 Å². The van der Waals surface area contributed by atoms with Crippen molar-refractivity contribution < 1.29 is 19.1 Å². The number of ether oxygens (including phenoxy) is 1. The number of esters is 1. The molecule has 1 N–H and O–H groups in total. The summed E-state index contributed by atoms with van der Waals surface area (Å²) in [6.07, 6.45) is 1.79. The highest BCUT2D eigenvalue weighted by Gasteiger charge is 2.15. The SMILES string of the molecule is COC(=O)c1ccc(N(CCC(=O)Nc2cccc3cccnc23)C(C)=O)cc1. The standard InChI is InChI=1S/C22H21N3O4/c1-15(26)25(18-10-8-17(9-11-18)22(28)29-2)14-12-20(27)24-19-7-3-5-16-6-4-13-23-21(16)19/h3-11,13H,12,14H2,1-2H3,(H,24,27). The molecule has 1 heterocycles. The van der Waals surface area contributed by atoms with Gasteiger partial charge in [-0.1, -0.05) is 18.2 Å². The zero-order valence-corrected chi connectivity index (χ0v) is 16.2. The molecular formula is C22H21N3O4. The van der Waals surface area contributed by atoms with Gasteiger partial charge in [0, 0.05) is 37.2 Å². The molecule has 0 aliphatic rings. The molecule has 7 heteroatoms. The van der Waals surface area contributed by atoms with Crippen LogP contribution in [0.2, 0.25) is 0 Å². The molecule has 0 saturated carbocycles. The van der Waals surface area contributed by atoms with Crippen LogP contribution >= 0.6 is 0 Å². The predicted octanol–water partition coefficient (Wildman–Crippen LogP) is 3.40. The predicted molar refractivity (Wildman–Crippen MR) is 111 cm³/mol. The van der Waals surface area contributed by atoms with Gasteiger partial charge in [0.25, 0.3) is 0 Å². The average Bonchev–Trinajstić information content (AvgIpc) is 2.74. The first-order chi connectivity index (χ1) is 14.0. The Balaban J connectivity index is 1.68. The van der Waals surface area contributed by atoms with Crippen molar-refractivity contribution in [2.75, 3.05) is 23.9 Å². The summed E-state index contributed by atoms with van der Waals surface area (Å²) in [5.41, 5.74) is 2.33. The smallest absolute Gasteiger partial charge is 0.337 e. The number of carbonyl (C=O) groups is 3. The molecule has 0 saturated heterocycles. The third-order valence-electron chi connectivity index (χ3n) is 4.45. The summed E-state index contributed by atoms with van der Waals surface area (Å²) in [6, 6.07) is 15.8. The van der Waals surface area contributed by atoms with Crippen molar-refractivity contribution in [1.82, 2.24) is 4.98 Å². The quantitative estimate of drug-likeness (QED) is 0.651. The van der Waals surface area contributed by atoms with Crippen LogP contribution in [-0.2, 0) is 14.3 Å². The fourth-order valence-electron chi connectivity index (χ4n) is 2.99. The number of methoxy groups -OCH3 is 1. The fourth-order valence-corrected chi connectivity index (χ4v) is 2.99. The first-order valence-electron chi connectivity index (χ1n) is 9.09. The Labute approximate surface area is 168 Å². The van der Waals surface area contributed by atoms with E-state index in [2.05, 4.69) is 15.0 Å². The number of nitrogens with one attached hydrogen (secondary N) is 1. The number of fused-ring (bicyclic) bond motifs is 1. The van der Waals surface area contributed by atoms with Gasteiger partial charge >= 0.3 is 5.97 Å². The second kappa shape index (κ2) is 8.97. The molecule has 3 aromatic rings. The first-order valence-corrected chi connectivity index (χ1v) is 9.09. The second-order valence-electron chi connectivity index (χ2n) is 6.39. The van der Waals surface area contributed by atoms with Crippen molar-refractivity contribution in [3.63, 3.8) is 0 Å². The number of hydrogen-bond donors (Lipinski definition) is 1. The van der Waals surface area contributed by atoms with E-state index in [0.29, 0.717) is 22.5 Å². The molecule has 0 aliphatic carbocycles. The maximum Gasteiger partial charge on any atom is 0.337 e. The lowest BCUT2D eigenvalue weighted by Crippen LogP contribution is -2.32. The van der Waals surface area contributed by atoms with Crippen molar-refractivity contribution >= 4 is 40.1 Å². The van der Waals surface area contributed by atoms with E-state index in [9.17, 15) is 14.4 Å². The van der Waals surface area contributed by atoms with Crippen LogP contribution in [0.15, 0.2) is 60.8 Å². The van der Waals surface area contributed by atoms with Crippen LogP contribution in [0.4, 0.5) is 11.4 Å². The minimum atomic E-state index is -0.450. The van der Waals surface area contributed by atoms with Gasteiger partial charge in [-0.3, -0.25) is 14.6 Å². The van der Waals surface area contributed by atoms with E-state index in [1.165, 1.54) is 18.9 Å². The number of hydrogen-bond acceptors (Lipinski definition) is 5. The van der Waals surface area contributed by atoms with Crippen LogP contribution < -0.4 is 10.2 Å². The summed E-state index contributed by atoms with van der Waals surface area (Å²) in [5, 5.41) is 3.79. The Morgan fingerprint density at radius 3 is 2.45 bits per heavy atom. The second-order valence-corrected chi connectivity index (χ2v) is 6.39. The van der Waals surface area contributed by atoms with Crippen molar-refractivity contribution in [1.29, 1.82) is 0 Å². The Morgan fingerprint density at radius 1 is 1.03 bits per heavy atom. The number of nitrogens with zero attached hydrogens (tertiary/aromatic N) is 2. The maximum absolute atomic E-state index is 12.5. The van der Waals surface area contributed by atoms with Crippen molar-refractivity contribution in [3.8, 4) is 0 Å². The number of amides is 2. The number of benzene rings is 2. The molecule has 7 nitrogen and oxygen atoms in total. The molecular weight excluding hydrogens is 370 g/mol. The monoisotopic (exact) mass is 391 g/mol. The number of carbonyl (C=O) groups excluding carboxylic acids is 3. The van der Waals surface area contributed by atoms with E-state index in [4.69, 9.17) is 0 Å². The van der Waals surface area contributed by atoms with Gasteiger partial charge in [-0.15, -0.1) is 0 Å². The van der Waals surface area contributed by atoms with Crippen molar-refractivity contribution in [3.05, 3.63) is 66.4 Å². The molecule has 2 aromatic carbocycles. The minimum absolute atomic E-state index is 0.113. The molecule has 0 bridgehead atoms. The lowest BCUT2D eigenvalue weighted by Gasteiger charge is -2.21. The molecule has 0 aliphatic heterocycles. The minimum Gasteiger partial charge on any atom is -0.465 e. The van der Waals surface area contributed by atoms with E-state index >= 15 is 0 Å². The number of rotatable bonds is 6. The Morgan fingerprint density at radius 2 is 1.76 bits per heavy atom. The van der Waals surface area contributed by atoms with Crippen LogP contribution in [0, 0.1) is 0 Å². The topological polar surface area (TPSA) is 88.6 Å². The van der Waals surface area contributed by atoms with Crippen LogP contribution in [0.1, 0.15) is 23.7 Å². The van der Waals surface area contributed by atoms with E-state index in [0.717, 1.165) is 5.39 Å². The third kappa shape index (κ3) is 4.76. The molecule has 0 fully saturated rings. The van der Waals surface area contributed by atoms with Crippen LogP contribution in [0.5, 0.6) is 0 Å². The van der Waals surface area contributed by atoms with Crippen LogP contribution in [-0.4, -0.2) is 36.4 Å². The molecule has 0 unspecified atom stereocenters. The van der Waals surface area contributed by atoms with Crippen molar-refractivity contribution in [2.45, 2.75) is 13.3 Å². The summed E-state index contributed by atoms with van der Waals surface area (Å²) >= 11 is 0. The van der Waals surface area contributed by atoms with Gasteiger partial charge in [-0.25, -0.2) is 4.79 Å². The molecule has 0 radical (unpaired) electrons. The van der Waals surface area contributed by atoms with Gasteiger partial charge in [0.2, 0.25) is 11.8 Å². The highest BCUT2D eigenvalue weighted by molar-refractivity contribution is 6.01. The number of pyridine rings is 1. The van der Waals surface area contributed by atoms with E-state index in [1.54, 1.807) is 36.5 Å². The molecule has 0 atom stereocenters.